The van der Waals surface area contributed by atoms with Gasteiger partial charge in [0.25, 0.3) is 0 Å². The molecule has 0 aliphatic carbocycles. The molecule has 2 unspecified atom stereocenters. The van der Waals surface area contributed by atoms with Gasteiger partial charge < -0.3 is 9.84 Å². The first-order valence-corrected chi connectivity index (χ1v) is 8.27. The highest BCUT2D eigenvalue weighted by Crippen LogP contribution is 2.49. The summed E-state index contributed by atoms with van der Waals surface area (Å²) in [6.07, 6.45) is 1.51. The van der Waals surface area contributed by atoms with Gasteiger partial charge in [-0.25, -0.2) is 12.8 Å². The van der Waals surface area contributed by atoms with Crippen LogP contribution in [0.4, 0.5) is 4.39 Å². The van der Waals surface area contributed by atoms with E-state index in [1.165, 1.54) is 25.3 Å². The molecular weight excluding hydrogens is 283 g/mol. The van der Waals surface area contributed by atoms with Crippen molar-refractivity contribution in [3.05, 3.63) is 29.6 Å². The van der Waals surface area contributed by atoms with Gasteiger partial charge in [0.1, 0.15) is 11.6 Å². The average molecular weight is 300 g/mol. The summed E-state index contributed by atoms with van der Waals surface area (Å²) < 4.78 is 42.6. The van der Waals surface area contributed by atoms with Crippen LogP contribution < -0.4 is 4.74 Å². The number of sulfone groups is 1. The van der Waals surface area contributed by atoms with Crippen molar-refractivity contribution in [2.24, 2.45) is 0 Å². The van der Waals surface area contributed by atoms with E-state index in [1.54, 1.807) is 0 Å². The number of hydrogen-bond donors (Lipinski definition) is 1. The molecule has 2 saturated heterocycles. The SMILES string of the molecule is COc1cc(F)ccc1C1(O)CC2CCC(C1)S2(=O)=O. The van der Waals surface area contributed by atoms with Crippen molar-refractivity contribution in [3.8, 4) is 5.75 Å². The Morgan fingerprint density at radius 3 is 2.45 bits per heavy atom. The summed E-state index contributed by atoms with van der Waals surface area (Å²) in [4.78, 5) is 0. The predicted molar refractivity (Wildman–Crippen MR) is 71.8 cm³/mol. The van der Waals surface area contributed by atoms with E-state index >= 15 is 0 Å². The lowest BCUT2D eigenvalue weighted by atomic mass is 9.85. The molecule has 110 valence electrons. The highest BCUT2D eigenvalue weighted by molar-refractivity contribution is 7.93. The lowest BCUT2D eigenvalue weighted by molar-refractivity contribution is 0.0151. The van der Waals surface area contributed by atoms with Crippen LogP contribution in [0.5, 0.6) is 5.75 Å². The number of rotatable bonds is 2. The van der Waals surface area contributed by atoms with Crippen molar-refractivity contribution < 1.29 is 22.7 Å². The van der Waals surface area contributed by atoms with E-state index in [2.05, 4.69) is 0 Å². The Kier molecular flexibility index (Phi) is 3.06. The topological polar surface area (TPSA) is 63.6 Å². The van der Waals surface area contributed by atoms with Gasteiger partial charge in [-0.3, -0.25) is 0 Å². The van der Waals surface area contributed by atoms with Gasteiger partial charge in [-0.05, 0) is 37.8 Å². The van der Waals surface area contributed by atoms with E-state index in [0.717, 1.165) is 0 Å². The largest absolute Gasteiger partial charge is 0.496 e. The quantitative estimate of drug-likeness (QED) is 0.904. The lowest BCUT2D eigenvalue weighted by Gasteiger charge is -2.37. The van der Waals surface area contributed by atoms with Gasteiger partial charge in [-0.15, -0.1) is 0 Å². The maximum atomic E-state index is 13.3. The molecule has 2 atom stereocenters. The fourth-order valence-corrected chi connectivity index (χ4v) is 6.00. The van der Waals surface area contributed by atoms with Crippen LogP contribution in [0.3, 0.4) is 0 Å². The Hall–Kier alpha value is -1.14. The van der Waals surface area contributed by atoms with Crippen LogP contribution in [0.2, 0.25) is 0 Å². The van der Waals surface area contributed by atoms with Crippen LogP contribution in [0.25, 0.3) is 0 Å². The molecule has 3 rings (SSSR count). The van der Waals surface area contributed by atoms with Crippen LogP contribution in [0.15, 0.2) is 18.2 Å². The Labute approximate surface area is 117 Å². The minimum Gasteiger partial charge on any atom is -0.496 e. The number of aliphatic hydroxyl groups is 1. The summed E-state index contributed by atoms with van der Waals surface area (Å²) in [7, 11) is -1.70. The molecule has 0 radical (unpaired) electrons. The zero-order chi connectivity index (χ0) is 14.5. The molecule has 1 aromatic rings. The van der Waals surface area contributed by atoms with Crippen molar-refractivity contribution >= 4 is 9.84 Å². The van der Waals surface area contributed by atoms with Crippen molar-refractivity contribution in [3.63, 3.8) is 0 Å². The van der Waals surface area contributed by atoms with E-state index in [4.69, 9.17) is 4.74 Å². The third-order valence-electron chi connectivity index (χ3n) is 4.54. The fourth-order valence-electron chi connectivity index (χ4n) is 3.51. The zero-order valence-electron chi connectivity index (χ0n) is 11.2. The summed E-state index contributed by atoms with van der Waals surface area (Å²) in [5.74, 6) is -0.174. The lowest BCUT2D eigenvalue weighted by Crippen LogP contribution is -2.43. The molecule has 0 saturated carbocycles. The number of methoxy groups -OCH3 is 1. The van der Waals surface area contributed by atoms with E-state index < -0.39 is 31.8 Å². The molecule has 2 aliphatic rings. The Morgan fingerprint density at radius 1 is 1.30 bits per heavy atom. The summed E-state index contributed by atoms with van der Waals surface area (Å²) in [5, 5.41) is 9.89. The van der Waals surface area contributed by atoms with Crippen molar-refractivity contribution in [2.75, 3.05) is 7.11 Å². The van der Waals surface area contributed by atoms with E-state index in [0.29, 0.717) is 18.4 Å². The first-order valence-electron chi connectivity index (χ1n) is 6.66. The predicted octanol–water partition coefficient (Wildman–Crippen LogP) is 1.76. The van der Waals surface area contributed by atoms with Crippen molar-refractivity contribution in [2.45, 2.75) is 41.8 Å². The van der Waals surface area contributed by atoms with Gasteiger partial charge in [0.05, 0.1) is 23.2 Å². The van der Waals surface area contributed by atoms with Crippen LogP contribution in [-0.4, -0.2) is 31.1 Å². The average Bonchev–Trinajstić information content (AvgIpc) is 2.58. The smallest absolute Gasteiger partial charge is 0.156 e. The highest BCUT2D eigenvalue weighted by atomic mass is 32.2. The number of benzene rings is 1. The number of hydrogen-bond acceptors (Lipinski definition) is 4. The Morgan fingerprint density at radius 2 is 1.90 bits per heavy atom. The molecule has 6 heteroatoms. The van der Waals surface area contributed by atoms with Crippen LogP contribution in [0.1, 0.15) is 31.2 Å². The molecule has 1 N–H and O–H groups in total. The minimum absolute atomic E-state index is 0.161. The summed E-state index contributed by atoms with van der Waals surface area (Å²) >= 11 is 0. The van der Waals surface area contributed by atoms with Gasteiger partial charge >= 0.3 is 0 Å². The second-order valence-corrected chi connectivity index (χ2v) is 8.21. The molecule has 2 fully saturated rings. The Balaban J connectivity index is 2.03. The first kappa shape index (κ1) is 13.8. The van der Waals surface area contributed by atoms with Gasteiger partial charge in [0, 0.05) is 11.6 Å². The standard InChI is InChI=1S/C14H17FO4S/c1-19-13-6-9(15)2-5-12(13)14(16)7-10-3-4-11(8-14)20(10,17)18/h2,5-6,10-11,16H,3-4,7-8H2,1H3. The third-order valence-corrected chi connectivity index (χ3v) is 7.20. The number of ether oxygens (including phenoxy) is 1. The van der Waals surface area contributed by atoms with Gasteiger partial charge in [0.2, 0.25) is 0 Å². The minimum atomic E-state index is -3.11. The molecule has 2 aliphatic heterocycles. The highest BCUT2D eigenvalue weighted by Gasteiger charge is 2.53. The van der Waals surface area contributed by atoms with Crippen molar-refractivity contribution in [1.29, 1.82) is 0 Å². The second kappa shape index (κ2) is 4.43. The number of fused-ring (bicyclic) bond motifs is 2. The number of halogens is 1. The molecule has 0 aromatic heterocycles. The summed E-state index contributed by atoms with van der Waals surface area (Å²) in [6, 6.07) is 3.98. The third kappa shape index (κ3) is 1.93. The van der Waals surface area contributed by atoms with Crippen LogP contribution in [0, 0.1) is 5.82 Å². The summed E-state index contributed by atoms with van der Waals surface area (Å²) in [6.45, 7) is 0. The fraction of sp³-hybridized carbons (Fsp3) is 0.571. The van der Waals surface area contributed by atoms with E-state index in [-0.39, 0.29) is 18.6 Å². The maximum absolute atomic E-state index is 13.3. The second-order valence-electron chi connectivity index (χ2n) is 5.69. The zero-order valence-corrected chi connectivity index (χ0v) is 12.0. The molecule has 0 amide bonds. The van der Waals surface area contributed by atoms with E-state index in [1.807, 2.05) is 0 Å². The molecule has 0 spiro atoms. The summed E-state index contributed by atoms with van der Waals surface area (Å²) in [5.41, 5.74) is -0.774. The normalized spacial score (nSPS) is 35.0. The molecule has 2 bridgehead atoms. The molecule has 2 heterocycles. The van der Waals surface area contributed by atoms with Gasteiger partial charge in [-0.1, -0.05) is 0 Å². The first-order chi connectivity index (χ1) is 9.37. The van der Waals surface area contributed by atoms with E-state index in [9.17, 15) is 17.9 Å². The maximum Gasteiger partial charge on any atom is 0.156 e. The van der Waals surface area contributed by atoms with Crippen LogP contribution >= 0.6 is 0 Å². The van der Waals surface area contributed by atoms with Gasteiger partial charge in [0.15, 0.2) is 9.84 Å². The molecule has 20 heavy (non-hydrogen) atoms. The van der Waals surface area contributed by atoms with Crippen LogP contribution in [-0.2, 0) is 15.4 Å². The monoisotopic (exact) mass is 300 g/mol. The Bertz CT molecular complexity index is 621. The molecule has 1 aromatic carbocycles. The molecule has 4 nitrogen and oxygen atoms in total. The van der Waals surface area contributed by atoms with Crippen molar-refractivity contribution in [1.82, 2.24) is 0 Å². The van der Waals surface area contributed by atoms with Gasteiger partial charge in [-0.2, -0.15) is 0 Å². The molecular formula is C14H17FO4S.